The van der Waals surface area contributed by atoms with E-state index in [1.54, 1.807) is 11.3 Å². The van der Waals surface area contributed by atoms with Gasteiger partial charge in [0.25, 0.3) is 0 Å². The molecule has 1 aromatic heterocycles. The van der Waals surface area contributed by atoms with Crippen LogP contribution in [0.3, 0.4) is 0 Å². The zero-order valence-electron chi connectivity index (χ0n) is 11.4. The fraction of sp³-hybridized carbons (Fsp3) is 0.714. The molecule has 0 fully saturated rings. The van der Waals surface area contributed by atoms with Gasteiger partial charge in [-0.2, -0.15) is 0 Å². The van der Waals surface area contributed by atoms with Crippen molar-refractivity contribution >= 4 is 27.3 Å². The number of halogens is 1. The van der Waals surface area contributed by atoms with Crippen molar-refractivity contribution in [3.8, 4) is 0 Å². The lowest BCUT2D eigenvalue weighted by Gasteiger charge is -2.19. The normalized spacial score (nSPS) is 13.2. The van der Waals surface area contributed by atoms with Crippen LogP contribution in [0.4, 0.5) is 0 Å². The van der Waals surface area contributed by atoms with E-state index in [9.17, 15) is 0 Å². The van der Waals surface area contributed by atoms with Crippen LogP contribution in [-0.2, 0) is 6.54 Å². The molecule has 1 atom stereocenters. The number of hydrogen-bond acceptors (Lipinski definition) is 3. The van der Waals surface area contributed by atoms with Gasteiger partial charge in [0.2, 0.25) is 0 Å². The first-order chi connectivity index (χ1) is 8.63. The molecule has 0 aromatic carbocycles. The van der Waals surface area contributed by atoms with Gasteiger partial charge in [-0.1, -0.05) is 13.8 Å². The number of rotatable bonds is 9. The summed E-state index contributed by atoms with van der Waals surface area (Å²) >= 11 is 5.28. The average molecular weight is 333 g/mol. The third-order valence-electron chi connectivity index (χ3n) is 3.33. The summed E-state index contributed by atoms with van der Waals surface area (Å²) in [5.74, 6) is 1.54. The van der Waals surface area contributed by atoms with Crippen LogP contribution in [0, 0.1) is 11.8 Å². The van der Waals surface area contributed by atoms with Gasteiger partial charge in [-0.05, 0) is 66.2 Å². The van der Waals surface area contributed by atoms with Crippen LogP contribution in [0.5, 0.6) is 0 Å². The molecule has 0 saturated heterocycles. The Balaban J connectivity index is 2.10. The van der Waals surface area contributed by atoms with E-state index in [1.807, 2.05) is 0 Å². The SMILES string of the molecule is CC(C)C(CCN)CCCNCc1cc(Br)cs1. The minimum absolute atomic E-state index is 0.752. The smallest absolute Gasteiger partial charge is 0.0300 e. The molecule has 104 valence electrons. The van der Waals surface area contributed by atoms with Gasteiger partial charge >= 0.3 is 0 Å². The van der Waals surface area contributed by atoms with Crippen molar-refractivity contribution in [1.82, 2.24) is 5.32 Å². The Labute approximate surface area is 123 Å². The standard InChI is InChI=1S/C14H25BrN2S/c1-11(2)12(5-6-16)4-3-7-17-9-14-8-13(15)10-18-14/h8,10-12,17H,3-7,9,16H2,1-2H3. The molecule has 0 saturated carbocycles. The number of thiophene rings is 1. The molecule has 0 aliphatic heterocycles. The first kappa shape index (κ1) is 16.2. The molecule has 0 bridgehead atoms. The summed E-state index contributed by atoms with van der Waals surface area (Å²) < 4.78 is 1.19. The Hall–Kier alpha value is 0.1000. The van der Waals surface area contributed by atoms with Crippen molar-refractivity contribution in [1.29, 1.82) is 0 Å². The molecule has 0 aliphatic carbocycles. The highest BCUT2D eigenvalue weighted by atomic mass is 79.9. The van der Waals surface area contributed by atoms with Gasteiger partial charge in [-0.3, -0.25) is 0 Å². The number of nitrogens with one attached hydrogen (secondary N) is 1. The highest BCUT2D eigenvalue weighted by Crippen LogP contribution is 2.21. The Morgan fingerprint density at radius 2 is 2.17 bits per heavy atom. The van der Waals surface area contributed by atoms with Crippen molar-refractivity contribution < 1.29 is 0 Å². The second-order valence-corrected chi connectivity index (χ2v) is 7.04. The lowest BCUT2D eigenvalue weighted by molar-refractivity contribution is 0.331. The predicted molar refractivity (Wildman–Crippen MR) is 85.0 cm³/mol. The van der Waals surface area contributed by atoms with E-state index >= 15 is 0 Å². The third-order valence-corrected chi connectivity index (χ3v) is 5.03. The summed E-state index contributed by atoms with van der Waals surface area (Å²) in [6.45, 7) is 7.51. The number of hydrogen-bond donors (Lipinski definition) is 2. The molecule has 0 amide bonds. The van der Waals surface area contributed by atoms with Crippen molar-refractivity contribution in [2.24, 2.45) is 17.6 Å². The molecule has 0 aliphatic rings. The molecule has 0 spiro atoms. The van der Waals surface area contributed by atoms with E-state index in [0.29, 0.717) is 0 Å². The average Bonchev–Trinajstić information content (AvgIpc) is 2.73. The van der Waals surface area contributed by atoms with E-state index in [0.717, 1.165) is 37.9 Å². The maximum Gasteiger partial charge on any atom is 0.0300 e. The Morgan fingerprint density at radius 3 is 2.72 bits per heavy atom. The van der Waals surface area contributed by atoms with Crippen LogP contribution in [0.1, 0.15) is 38.0 Å². The first-order valence-corrected chi connectivity index (χ1v) is 8.44. The quantitative estimate of drug-likeness (QED) is 0.670. The first-order valence-electron chi connectivity index (χ1n) is 6.77. The third kappa shape index (κ3) is 6.32. The van der Waals surface area contributed by atoms with Crippen LogP contribution < -0.4 is 11.1 Å². The van der Waals surface area contributed by atoms with E-state index in [1.165, 1.54) is 22.2 Å². The number of nitrogens with two attached hydrogens (primary N) is 1. The largest absolute Gasteiger partial charge is 0.330 e. The Bertz CT molecular complexity index is 325. The van der Waals surface area contributed by atoms with Crippen LogP contribution in [0.2, 0.25) is 0 Å². The topological polar surface area (TPSA) is 38.0 Å². The maximum absolute atomic E-state index is 5.66. The molecule has 1 aromatic rings. The van der Waals surface area contributed by atoms with E-state index in [-0.39, 0.29) is 0 Å². The summed E-state index contributed by atoms with van der Waals surface area (Å²) in [4.78, 5) is 1.39. The van der Waals surface area contributed by atoms with Gasteiger partial charge in [0.15, 0.2) is 0 Å². The molecular formula is C14H25BrN2S. The van der Waals surface area contributed by atoms with Crippen LogP contribution in [-0.4, -0.2) is 13.1 Å². The fourth-order valence-corrected chi connectivity index (χ4v) is 3.59. The van der Waals surface area contributed by atoms with Gasteiger partial charge in [0.1, 0.15) is 0 Å². The van der Waals surface area contributed by atoms with E-state index < -0.39 is 0 Å². The fourth-order valence-electron chi connectivity index (χ4n) is 2.17. The monoisotopic (exact) mass is 332 g/mol. The summed E-state index contributed by atoms with van der Waals surface area (Å²) in [6, 6.07) is 2.18. The van der Waals surface area contributed by atoms with Gasteiger partial charge in [-0.15, -0.1) is 11.3 Å². The minimum Gasteiger partial charge on any atom is -0.330 e. The predicted octanol–water partition coefficient (Wildman–Crippen LogP) is 4.00. The zero-order valence-corrected chi connectivity index (χ0v) is 13.8. The molecular weight excluding hydrogens is 308 g/mol. The Kier molecular flexibility index (Phi) is 8.15. The van der Waals surface area contributed by atoms with Crippen molar-refractivity contribution in [2.75, 3.05) is 13.1 Å². The van der Waals surface area contributed by atoms with Crippen molar-refractivity contribution in [3.05, 3.63) is 20.8 Å². The second-order valence-electron chi connectivity index (χ2n) is 5.13. The molecule has 2 nitrogen and oxygen atoms in total. The lowest BCUT2D eigenvalue weighted by atomic mass is 9.88. The maximum atomic E-state index is 5.66. The van der Waals surface area contributed by atoms with Crippen LogP contribution in [0.25, 0.3) is 0 Å². The van der Waals surface area contributed by atoms with Gasteiger partial charge in [0, 0.05) is 21.3 Å². The second kappa shape index (κ2) is 9.08. The minimum atomic E-state index is 0.752. The van der Waals surface area contributed by atoms with Crippen LogP contribution in [0.15, 0.2) is 15.9 Å². The molecule has 1 rings (SSSR count). The molecule has 18 heavy (non-hydrogen) atoms. The molecule has 4 heteroatoms. The molecule has 0 radical (unpaired) electrons. The Morgan fingerprint density at radius 1 is 1.39 bits per heavy atom. The molecule has 1 unspecified atom stereocenters. The zero-order chi connectivity index (χ0) is 13.4. The lowest BCUT2D eigenvalue weighted by Crippen LogP contribution is -2.18. The van der Waals surface area contributed by atoms with Crippen LogP contribution >= 0.6 is 27.3 Å². The van der Waals surface area contributed by atoms with Gasteiger partial charge < -0.3 is 11.1 Å². The van der Waals surface area contributed by atoms with Crippen molar-refractivity contribution in [2.45, 2.75) is 39.7 Å². The van der Waals surface area contributed by atoms with Gasteiger partial charge in [0.05, 0.1) is 0 Å². The summed E-state index contributed by atoms with van der Waals surface area (Å²) in [5.41, 5.74) is 5.66. The summed E-state index contributed by atoms with van der Waals surface area (Å²) in [6.07, 6.45) is 3.70. The van der Waals surface area contributed by atoms with E-state index in [2.05, 4.69) is 46.5 Å². The summed E-state index contributed by atoms with van der Waals surface area (Å²) in [5, 5.41) is 5.64. The summed E-state index contributed by atoms with van der Waals surface area (Å²) in [7, 11) is 0. The molecule has 1 heterocycles. The van der Waals surface area contributed by atoms with E-state index in [4.69, 9.17) is 5.73 Å². The highest BCUT2D eigenvalue weighted by molar-refractivity contribution is 9.10. The van der Waals surface area contributed by atoms with Gasteiger partial charge in [-0.25, -0.2) is 0 Å². The highest BCUT2D eigenvalue weighted by Gasteiger charge is 2.11. The van der Waals surface area contributed by atoms with Crippen molar-refractivity contribution in [3.63, 3.8) is 0 Å². The molecule has 3 N–H and O–H groups in total.